The van der Waals surface area contributed by atoms with Gasteiger partial charge in [-0.05, 0) is 38.0 Å². The number of fused-ring (bicyclic) bond motifs is 1. The maximum Gasteiger partial charge on any atom is 0.224 e. The summed E-state index contributed by atoms with van der Waals surface area (Å²) in [4.78, 5) is 24.1. The number of carbonyl (C=O) groups excluding carboxylic acids is 1. The van der Waals surface area contributed by atoms with Crippen molar-refractivity contribution in [2.45, 2.75) is 44.3 Å². The van der Waals surface area contributed by atoms with Crippen LogP contribution in [0.3, 0.4) is 0 Å². The van der Waals surface area contributed by atoms with E-state index in [1.807, 2.05) is 48.3 Å². The zero-order chi connectivity index (χ0) is 20.9. The molecule has 1 fully saturated rings. The Labute approximate surface area is 181 Å². The van der Waals surface area contributed by atoms with Gasteiger partial charge < -0.3 is 10.2 Å². The van der Waals surface area contributed by atoms with Crippen LogP contribution in [0.25, 0.3) is 11.0 Å². The molecule has 1 N–H and O–H groups in total. The number of aryl methyl sites for hydroxylation is 1. The largest absolute Gasteiger partial charge is 0.356 e. The van der Waals surface area contributed by atoms with Crippen molar-refractivity contribution in [1.82, 2.24) is 25.1 Å². The molecule has 7 nitrogen and oxygen atoms in total. The minimum atomic E-state index is 0.0190. The lowest BCUT2D eigenvalue weighted by molar-refractivity contribution is -0.120. The molecule has 0 radical (unpaired) electrons. The number of benzene rings is 1. The first kappa shape index (κ1) is 20.7. The Balaban J connectivity index is 1.44. The molecule has 0 saturated carbocycles. The number of aromatic nitrogens is 4. The van der Waals surface area contributed by atoms with E-state index in [2.05, 4.69) is 15.3 Å². The van der Waals surface area contributed by atoms with Crippen molar-refractivity contribution in [2.75, 3.05) is 30.8 Å². The summed E-state index contributed by atoms with van der Waals surface area (Å²) in [7, 11) is 0. The molecule has 0 unspecified atom stereocenters. The van der Waals surface area contributed by atoms with Crippen LogP contribution in [-0.4, -0.2) is 51.5 Å². The standard InChI is InChI=1S/C22H28N6OS/c1-16-7-6-8-17(13-16)14-19(29)23-9-12-28-21-18(15-24-28)20(25-22(26-21)30-2)27-10-4-3-5-11-27/h6-8,13,15H,3-5,9-12,14H2,1-2H3,(H,23,29). The Morgan fingerprint density at radius 1 is 1.20 bits per heavy atom. The van der Waals surface area contributed by atoms with Gasteiger partial charge >= 0.3 is 0 Å². The normalized spacial score (nSPS) is 14.3. The Morgan fingerprint density at radius 2 is 2.03 bits per heavy atom. The molecule has 1 aliphatic rings. The third-order valence-corrected chi connectivity index (χ3v) is 5.93. The lowest BCUT2D eigenvalue weighted by Crippen LogP contribution is -2.30. The summed E-state index contributed by atoms with van der Waals surface area (Å²) in [5.74, 6) is 1.00. The summed E-state index contributed by atoms with van der Waals surface area (Å²) in [5.41, 5.74) is 3.03. The van der Waals surface area contributed by atoms with Crippen LogP contribution in [0, 0.1) is 6.92 Å². The van der Waals surface area contributed by atoms with Crippen molar-refractivity contribution in [3.05, 3.63) is 41.6 Å². The van der Waals surface area contributed by atoms with Gasteiger partial charge in [0.25, 0.3) is 0 Å². The highest BCUT2D eigenvalue weighted by Gasteiger charge is 2.19. The molecule has 3 aromatic rings. The summed E-state index contributed by atoms with van der Waals surface area (Å²) in [6, 6.07) is 8.05. The van der Waals surface area contributed by atoms with E-state index in [4.69, 9.17) is 9.97 Å². The first-order valence-corrected chi connectivity index (χ1v) is 11.7. The maximum absolute atomic E-state index is 12.3. The number of piperidine rings is 1. The molecule has 1 aliphatic heterocycles. The van der Waals surface area contributed by atoms with E-state index in [0.717, 1.165) is 46.2 Å². The van der Waals surface area contributed by atoms with Crippen molar-refractivity contribution < 1.29 is 4.79 Å². The molecule has 1 amide bonds. The maximum atomic E-state index is 12.3. The molecule has 4 rings (SSSR count). The van der Waals surface area contributed by atoms with Crippen LogP contribution in [0.2, 0.25) is 0 Å². The third-order valence-electron chi connectivity index (χ3n) is 5.39. The summed E-state index contributed by atoms with van der Waals surface area (Å²) in [6.07, 6.45) is 7.91. The van der Waals surface area contributed by atoms with E-state index >= 15 is 0 Å². The molecular weight excluding hydrogens is 396 g/mol. The lowest BCUT2D eigenvalue weighted by atomic mass is 10.1. The highest BCUT2D eigenvalue weighted by molar-refractivity contribution is 7.98. The Morgan fingerprint density at radius 3 is 2.80 bits per heavy atom. The van der Waals surface area contributed by atoms with E-state index in [9.17, 15) is 4.79 Å². The molecule has 158 valence electrons. The fraction of sp³-hybridized carbons (Fsp3) is 0.455. The quantitative estimate of drug-likeness (QED) is 0.464. The monoisotopic (exact) mass is 424 g/mol. The van der Waals surface area contributed by atoms with Crippen molar-refractivity contribution >= 4 is 34.5 Å². The number of carbonyl (C=O) groups is 1. The molecular formula is C22H28N6OS. The van der Waals surface area contributed by atoms with Gasteiger partial charge in [0.2, 0.25) is 5.91 Å². The molecule has 1 saturated heterocycles. The van der Waals surface area contributed by atoms with Gasteiger partial charge in [0, 0.05) is 19.6 Å². The van der Waals surface area contributed by atoms with Gasteiger partial charge in [-0.15, -0.1) is 0 Å². The summed E-state index contributed by atoms with van der Waals surface area (Å²) < 4.78 is 1.87. The molecule has 0 atom stereocenters. The van der Waals surface area contributed by atoms with Gasteiger partial charge in [0.15, 0.2) is 10.8 Å². The van der Waals surface area contributed by atoms with Gasteiger partial charge in [-0.3, -0.25) is 4.79 Å². The number of rotatable bonds is 7. The number of nitrogens with zero attached hydrogens (tertiary/aromatic N) is 5. The Hall–Kier alpha value is -2.61. The SMILES string of the molecule is CSc1nc(N2CCCCC2)c2cnn(CCNC(=O)Cc3cccc(C)c3)c2n1. The zero-order valence-electron chi connectivity index (χ0n) is 17.6. The van der Waals surface area contributed by atoms with Crippen LogP contribution in [0.4, 0.5) is 5.82 Å². The van der Waals surface area contributed by atoms with E-state index in [1.54, 1.807) is 11.8 Å². The first-order chi connectivity index (χ1) is 14.6. The van der Waals surface area contributed by atoms with Gasteiger partial charge in [-0.2, -0.15) is 5.10 Å². The predicted molar refractivity (Wildman–Crippen MR) is 121 cm³/mol. The second-order valence-corrected chi connectivity index (χ2v) is 8.48. The average molecular weight is 425 g/mol. The van der Waals surface area contributed by atoms with Crippen molar-refractivity contribution in [1.29, 1.82) is 0 Å². The highest BCUT2D eigenvalue weighted by atomic mass is 32.2. The van der Waals surface area contributed by atoms with E-state index in [1.165, 1.54) is 19.3 Å². The Kier molecular flexibility index (Phi) is 6.52. The smallest absolute Gasteiger partial charge is 0.224 e. The second-order valence-electron chi connectivity index (χ2n) is 7.70. The van der Waals surface area contributed by atoms with Crippen LogP contribution in [0.1, 0.15) is 30.4 Å². The van der Waals surface area contributed by atoms with Crippen molar-refractivity contribution in [2.24, 2.45) is 0 Å². The fourth-order valence-electron chi connectivity index (χ4n) is 3.89. The molecule has 30 heavy (non-hydrogen) atoms. The van der Waals surface area contributed by atoms with Crippen molar-refractivity contribution in [3.63, 3.8) is 0 Å². The number of thioether (sulfide) groups is 1. The average Bonchev–Trinajstić information content (AvgIpc) is 3.16. The van der Waals surface area contributed by atoms with E-state index in [0.29, 0.717) is 19.5 Å². The number of nitrogens with one attached hydrogen (secondary N) is 1. The molecule has 1 aromatic carbocycles. The lowest BCUT2D eigenvalue weighted by Gasteiger charge is -2.28. The van der Waals surface area contributed by atoms with Gasteiger partial charge in [-0.1, -0.05) is 41.6 Å². The fourth-order valence-corrected chi connectivity index (χ4v) is 4.25. The van der Waals surface area contributed by atoms with E-state index in [-0.39, 0.29) is 5.91 Å². The Bertz CT molecular complexity index is 1030. The predicted octanol–water partition coefficient (Wildman–Crippen LogP) is 3.21. The number of hydrogen-bond acceptors (Lipinski definition) is 6. The third kappa shape index (κ3) is 4.75. The van der Waals surface area contributed by atoms with Crippen LogP contribution in [-0.2, 0) is 17.8 Å². The van der Waals surface area contributed by atoms with Gasteiger partial charge in [0.1, 0.15) is 5.82 Å². The van der Waals surface area contributed by atoms with Crippen LogP contribution < -0.4 is 10.2 Å². The first-order valence-electron chi connectivity index (χ1n) is 10.5. The van der Waals surface area contributed by atoms with Crippen LogP contribution in [0.15, 0.2) is 35.6 Å². The minimum Gasteiger partial charge on any atom is -0.356 e. The minimum absolute atomic E-state index is 0.0190. The molecule has 2 aromatic heterocycles. The second kappa shape index (κ2) is 9.47. The van der Waals surface area contributed by atoms with Crippen LogP contribution >= 0.6 is 11.8 Å². The highest BCUT2D eigenvalue weighted by Crippen LogP contribution is 2.28. The summed E-state index contributed by atoms with van der Waals surface area (Å²) in [6.45, 7) is 5.18. The number of amides is 1. The topological polar surface area (TPSA) is 75.9 Å². The molecule has 0 aliphatic carbocycles. The van der Waals surface area contributed by atoms with Gasteiger partial charge in [0.05, 0.1) is 24.5 Å². The zero-order valence-corrected chi connectivity index (χ0v) is 18.4. The van der Waals surface area contributed by atoms with Crippen molar-refractivity contribution in [3.8, 4) is 0 Å². The summed E-state index contributed by atoms with van der Waals surface area (Å²) >= 11 is 1.55. The molecule has 3 heterocycles. The number of anilines is 1. The van der Waals surface area contributed by atoms with Gasteiger partial charge in [-0.25, -0.2) is 14.6 Å². The molecule has 0 spiro atoms. The van der Waals surface area contributed by atoms with Crippen LogP contribution in [0.5, 0.6) is 0 Å². The molecule has 0 bridgehead atoms. The molecule has 8 heteroatoms. The number of hydrogen-bond donors (Lipinski definition) is 1. The summed E-state index contributed by atoms with van der Waals surface area (Å²) in [5, 5.41) is 9.29. The van der Waals surface area contributed by atoms with E-state index < -0.39 is 0 Å².